The first-order chi connectivity index (χ1) is 13.7. The molecule has 0 amide bonds. The Hall–Kier alpha value is -2.12. The van der Waals surface area contributed by atoms with Crippen LogP contribution in [0.2, 0.25) is 0 Å². The Bertz CT molecular complexity index is 785. The molecule has 1 aliphatic heterocycles. The summed E-state index contributed by atoms with van der Waals surface area (Å²) >= 11 is 0. The van der Waals surface area contributed by atoms with E-state index in [2.05, 4.69) is 44.6 Å². The van der Waals surface area contributed by atoms with Crippen LogP contribution in [-0.4, -0.2) is 45.9 Å². The summed E-state index contributed by atoms with van der Waals surface area (Å²) in [5.41, 5.74) is 8.22. The quantitative estimate of drug-likeness (QED) is 0.715. The first kappa shape index (κ1) is 19.2. The Labute approximate surface area is 167 Å². The van der Waals surface area contributed by atoms with Crippen LogP contribution < -0.4 is 11.1 Å². The predicted molar refractivity (Wildman–Crippen MR) is 111 cm³/mol. The second-order valence-corrected chi connectivity index (χ2v) is 7.89. The van der Waals surface area contributed by atoms with Gasteiger partial charge in [0.2, 0.25) is 11.9 Å². The molecule has 4 rings (SSSR count). The molecule has 152 valence electrons. The van der Waals surface area contributed by atoms with Crippen molar-refractivity contribution < 1.29 is 4.74 Å². The van der Waals surface area contributed by atoms with E-state index in [4.69, 9.17) is 10.5 Å². The molecular weight excluding hydrogens is 352 g/mol. The minimum atomic E-state index is -0.259. The lowest BCUT2D eigenvalue weighted by molar-refractivity contribution is -0.180. The zero-order chi connectivity index (χ0) is 19.4. The molecular formula is C21H32N6O. The Kier molecular flexibility index (Phi) is 5.82. The molecule has 0 bridgehead atoms. The molecule has 0 radical (unpaired) electrons. The predicted octanol–water partition coefficient (Wildman–Crippen LogP) is 2.89. The molecule has 0 saturated carbocycles. The van der Waals surface area contributed by atoms with Gasteiger partial charge < -0.3 is 15.8 Å². The molecule has 7 heteroatoms. The van der Waals surface area contributed by atoms with Gasteiger partial charge >= 0.3 is 0 Å². The van der Waals surface area contributed by atoms with Crippen molar-refractivity contribution in [2.24, 2.45) is 7.05 Å². The second kappa shape index (κ2) is 8.49. The molecule has 1 saturated heterocycles. The highest BCUT2D eigenvalue weighted by molar-refractivity contribution is 5.35. The second-order valence-electron chi connectivity index (χ2n) is 7.89. The number of anilines is 2. The Balaban J connectivity index is 1.43. The molecule has 1 aromatic carbocycles. The fourth-order valence-electron chi connectivity index (χ4n) is 4.67. The van der Waals surface area contributed by atoms with Crippen LogP contribution in [0.4, 0.5) is 11.9 Å². The molecule has 1 aliphatic carbocycles. The summed E-state index contributed by atoms with van der Waals surface area (Å²) in [7, 11) is 1.84. The summed E-state index contributed by atoms with van der Waals surface area (Å²) < 4.78 is 8.40. The average molecular weight is 385 g/mol. The molecule has 0 unspecified atom stereocenters. The Morgan fingerprint density at radius 2 is 2.00 bits per heavy atom. The van der Waals surface area contributed by atoms with Crippen molar-refractivity contribution in [3.8, 4) is 0 Å². The van der Waals surface area contributed by atoms with Gasteiger partial charge in [0.25, 0.3) is 0 Å². The number of hydrogen-bond acceptors (Lipinski definition) is 6. The number of hydrogen-bond donors (Lipinski definition) is 2. The lowest BCUT2D eigenvalue weighted by atomic mass is 9.82. The van der Waals surface area contributed by atoms with Crippen LogP contribution in [0.25, 0.3) is 0 Å². The van der Waals surface area contributed by atoms with Gasteiger partial charge in [-0.2, -0.15) is 4.98 Å². The summed E-state index contributed by atoms with van der Waals surface area (Å²) in [5, 5.41) is 7.36. The van der Waals surface area contributed by atoms with Gasteiger partial charge in [-0.1, -0.05) is 30.7 Å². The fourth-order valence-corrected chi connectivity index (χ4v) is 4.67. The number of aromatic nitrogens is 3. The number of nitrogens with zero attached hydrogens (tertiary/aromatic N) is 4. The van der Waals surface area contributed by atoms with Gasteiger partial charge in [-0.25, -0.2) is 4.68 Å². The van der Waals surface area contributed by atoms with Crippen molar-refractivity contribution in [3.05, 3.63) is 35.4 Å². The van der Waals surface area contributed by atoms with Crippen molar-refractivity contribution >= 4 is 11.9 Å². The highest BCUT2D eigenvalue weighted by Gasteiger charge is 2.42. The first-order valence-electron chi connectivity index (χ1n) is 10.6. The number of nitrogens with one attached hydrogen (secondary N) is 1. The van der Waals surface area contributed by atoms with Gasteiger partial charge in [-0.05, 0) is 44.1 Å². The normalized spacial score (nSPS) is 22.8. The molecule has 0 spiro atoms. The maximum Gasteiger partial charge on any atom is 0.241 e. The summed E-state index contributed by atoms with van der Waals surface area (Å²) in [6.45, 7) is 3.75. The van der Waals surface area contributed by atoms with E-state index in [-0.39, 0.29) is 5.72 Å². The maximum absolute atomic E-state index is 6.73. The monoisotopic (exact) mass is 384 g/mol. The Morgan fingerprint density at radius 3 is 2.79 bits per heavy atom. The van der Waals surface area contributed by atoms with Crippen LogP contribution in [-0.2, 0) is 23.9 Å². The number of nitrogens with two attached hydrogens (primary N) is 1. The molecule has 1 aromatic heterocycles. The smallest absolute Gasteiger partial charge is 0.241 e. The van der Waals surface area contributed by atoms with Crippen LogP contribution in [0.1, 0.15) is 49.7 Å². The SMILES string of the molecule is Cn1nc(N)nc1NCCCO[C@@]1(N2CCCCC2)CCCc2ccccc21. The van der Waals surface area contributed by atoms with Gasteiger partial charge in [-0.3, -0.25) is 4.90 Å². The van der Waals surface area contributed by atoms with Crippen molar-refractivity contribution in [1.29, 1.82) is 0 Å². The van der Waals surface area contributed by atoms with Gasteiger partial charge in [-0.15, -0.1) is 5.10 Å². The van der Waals surface area contributed by atoms with E-state index in [0.29, 0.717) is 18.5 Å². The van der Waals surface area contributed by atoms with Crippen LogP contribution in [0.15, 0.2) is 24.3 Å². The van der Waals surface area contributed by atoms with E-state index in [1.165, 1.54) is 36.8 Å². The highest BCUT2D eigenvalue weighted by atomic mass is 16.5. The maximum atomic E-state index is 6.73. The van der Waals surface area contributed by atoms with Crippen molar-refractivity contribution in [3.63, 3.8) is 0 Å². The van der Waals surface area contributed by atoms with E-state index in [1.807, 2.05) is 7.05 Å². The largest absolute Gasteiger partial charge is 0.366 e. The zero-order valence-corrected chi connectivity index (χ0v) is 16.9. The minimum absolute atomic E-state index is 0.259. The van der Waals surface area contributed by atoms with Crippen LogP contribution >= 0.6 is 0 Å². The van der Waals surface area contributed by atoms with Crippen LogP contribution in [0, 0.1) is 0 Å². The number of rotatable bonds is 7. The number of benzene rings is 1. The number of nitrogen functional groups attached to an aromatic ring is 1. The van der Waals surface area contributed by atoms with E-state index in [9.17, 15) is 0 Å². The average Bonchev–Trinajstić information content (AvgIpc) is 3.05. The number of fused-ring (bicyclic) bond motifs is 1. The molecule has 3 N–H and O–H groups in total. The summed E-state index contributed by atoms with van der Waals surface area (Å²) in [6, 6.07) is 8.87. The molecule has 7 nitrogen and oxygen atoms in total. The van der Waals surface area contributed by atoms with Crippen molar-refractivity contribution in [2.45, 2.75) is 50.7 Å². The van der Waals surface area contributed by atoms with E-state index >= 15 is 0 Å². The standard InChI is InChI=1S/C21H32N6O/c1-26-20(24-19(22)25-26)23-13-8-16-28-21(27-14-5-2-6-15-27)12-7-10-17-9-3-4-11-18(17)21/h3-4,9,11H,2,5-8,10,12-16H2,1H3,(H3,22,23,24,25)/t21-/m0/s1. The highest BCUT2D eigenvalue weighted by Crippen LogP contribution is 2.42. The molecule has 1 atom stereocenters. The number of likely N-dealkylation sites (tertiary alicyclic amines) is 1. The zero-order valence-electron chi connectivity index (χ0n) is 16.9. The molecule has 28 heavy (non-hydrogen) atoms. The minimum Gasteiger partial charge on any atom is -0.366 e. The van der Waals surface area contributed by atoms with E-state index in [1.54, 1.807) is 4.68 Å². The topological polar surface area (TPSA) is 81.2 Å². The molecule has 2 aromatic rings. The molecule has 2 heterocycles. The molecule has 1 fully saturated rings. The van der Waals surface area contributed by atoms with Crippen LogP contribution in [0.3, 0.4) is 0 Å². The number of aryl methyl sites for hydroxylation is 2. The van der Waals surface area contributed by atoms with Gasteiger partial charge in [0.05, 0.1) is 6.61 Å². The summed E-state index contributed by atoms with van der Waals surface area (Å²) in [4.78, 5) is 6.79. The lowest BCUT2D eigenvalue weighted by Gasteiger charge is -2.48. The molecule has 2 aliphatic rings. The first-order valence-corrected chi connectivity index (χ1v) is 10.6. The van der Waals surface area contributed by atoms with Gasteiger partial charge in [0.1, 0.15) is 5.72 Å². The summed E-state index contributed by atoms with van der Waals surface area (Å²) in [6.07, 6.45) is 8.19. The van der Waals surface area contributed by atoms with Crippen molar-refractivity contribution in [1.82, 2.24) is 19.7 Å². The Morgan fingerprint density at radius 1 is 1.18 bits per heavy atom. The van der Waals surface area contributed by atoms with Gasteiger partial charge in [0.15, 0.2) is 0 Å². The van der Waals surface area contributed by atoms with E-state index < -0.39 is 0 Å². The van der Waals surface area contributed by atoms with E-state index in [0.717, 1.165) is 38.9 Å². The lowest BCUT2D eigenvalue weighted by Crippen LogP contribution is -2.52. The third-order valence-corrected chi connectivity index (χ3v) is 5.99. The van der Waals surface area contributed by atoms with Gasteiger partial charge in [0, 0.05) is 32.2 Å². The van der Waals surface area contributed by atoms with Crippen molar-refractivity contribution in [2.75, 3.05) is 37.3 Å². The fraction of sp³-hybridized carbons (Fsp3) is 0.619. The number of ether oxygens (including phenoxy) is 1. The number of piperidine rings is 1. The third kappa shape index (κ3) is 3.86. The third-order valence-electron chi connectivity index (χ3n) is 5.99. The van der Waals surface area contributed by atoms with Crippen LogP contribution in [0.5, 0.6) is 0 Å². The summed E-state index contributed by atoms with van der Waals surface area (Å²) in [5.74, 6) is 0.996.